The molecular weight excluding hydrogens is 312 g/mol. The lowest BCUT2D eigenvalue weighted by Crippen LogP contribution is -2.30. The zero-order valence-electron chi connectivity index (χ0n) is 14.7. The Hall–Kier alpha value is -2.78. The third kappa shape index (κ3) is 2.99. The highest BCUT2D eigenvalue weighted by Crippen LogP contribution is 2.42. The lowest BCUT2D eigenvalue weighted by Gasteiger charge is -2.32. The molecule has 0 bridgehead atoms. The third-order valence-corrected chi connectivity index (χ3v) is 4.54. The number of hydrogen-bond donors (Lipinski definition) is 1. The van der Waals surface area contributed by atoms with Crippen molar-refractivity contribution in [1.82, 2.24) is 0 Å². The Balaban J connectivity index is 2.29. The topological polar surface area (TPSA) is 38.7 Å². The average Bonchev–Trinajstić information content (AvgIpc) is 2.68. The van der Waals surface area contributed by atoms with Gasteiger partial charge in [0.15, 0.2) is 0 Å². The van der Waals surface area contributed by atoms with Crippen molar-refractivity contribution in [3.63, 3.8) is 0 Å². The number of rotatable bonds is 5. The van der Waals surface area contributed by atoms with Gasteiger partial charge < -0.3 is 14.6 Å². The summed E-state index contributed by atoms with van der Waals surface area (Å²) in [5.74, 6) is 1.39. The molecule has 25 heavy (non-hydrogen) atoms. The van der Waals surface area contributed by atoms with E-state index in [4.69, 9.17) is 9.47 Å². The summed E-state index contributed by atoms with van der Waals surface area (Å²) in [7, 11) is 3.24. The van der Waals surface area contributed by atoms with E-state index >= 15 is 0 Å². The molecular formula is C22H22O3. The van der Waals surface area contributed by atoms with Crippen molar-refractivity contribution in [2.45, 2.75) is 12.5 Å². The van der Waals surface area contributed by atoms with Crippen LogP contribution in [0.3, 0.4) is 0 Å². The molecule has 0 saturated carbocycles. The number of aryl methyl sites for hydroxylation is 1. The molecule has 0 aliphatic heterocycles. The largest absolute Gasteiger partial charge is 0.497 e. The van der Waals surface area contributed by atoms with E-state index in [9.17, 15) is 5.11 Å². The van der Waals surface area contributed by atoms with E-state index in [1.807, 2.05) is 79.7 Å². The highest BCUT2D eigenvalue weighted by Gasteiger charge is 2.37. The maximum Gasteiger partial charge on any atom is 0.144 e. The quantitative estimate of drug-likeness (QED) is 0.707. The van der Waals surface area contributed by atoms with Crippen molar-refractivity contribution in [1.29, 1.82) is 0 Å². The second-order valence-electron chi connectivity index (χ2n) is 5.95. The van der Waals surface area contributed by atoms with Crippen LogP contribution in [0.4, 0.5) is 0 Å². The number of benzene rings is 3. The monoisotopic (exact) mass is 334 g/mol. The Kier molecular flexibility index (Phi) is 4.77. The fraction of sp³-hybridized carbons (Fsp3) is 0.182. The molecule has 0 aliphatic rings. The van der Waals surface area contributed by atoms with Gasteiger partial charge >= 0.3 is 0 Å². The summed E-state index contributed by atoms with van der Waals surface area (Å²) in [6, 6.07) is 22.9. The zero-order valence-corrected chi connectivity index (χ0v) is 14.7. The molecule has 0 saturated heterocycles. The lowest BCUT2D eigenvalue weighted by molar-refractivity contribution is 0.121. The van der Waals surface area contributed by atoms with E-state index in [1.54, 1.807) is 14.2 Å². The SMILES string of the molecule is COc1ccc([C@](O)(c2ccccc2C)c2ccccc2OC)cc1. The Morgan fingerprint density at radius 1 is 0.720 bits per heavy atom. The molecule has 0 unspecified atom stereocenters. The van der Waals surface area contributed by atoms with E-state index in [-0.39, 0.29) is 0 Å². The first kappa shape index (κ1) is 17.1. The number of methoxy groups -OCH3 is 2. The van der Waals surface area contributed by atoms with Crippen LogP contribution >= 0.6 is 0 Å². The molecule has 1 N–H and O–H groups in total. The maximum atomic E-state index is 12.0. The first-order valence-electron chi connectivity index (χ1n) is 8.17. The number of para-hydroxylation sites is 1. The van der Waals surface area contributed by atoms with Crippen LogP contribution in [-0.2, 0) is 5.60 Å². The molecule has 1 atom stereocenters. The smallest absolute Gasteiger partial charge is 0.144 e. The molecule has 3 nitrogen and oxygen atoms in total. The molecule has 3 aromatic rings. The van der Waals surface area contributed by atoms with E-state index in [0.717, 1.165) is 22.4 Å². The molecule has 3 heteroatoms. The summed E-state index contributed by atoms with van der Waals surface area (Å²) >= 11 is 0. The van der Waals surface area contributed by atoms with E-state index in [1.165, 1.54) is 0 Å². The highest BCUT2D eigenvalue weighted by molar-refractivity contribution is 5.54. The van der Waals surface area contributed by atoms with Crippen LogP contribution in [-0.4, -0.2) is 19.3 Å². The first-order valence-corrected chi connectivity index (χ1v) is 8.17. The fourth-order valence-corrected chi connectivity index (χ4v) is 3.21. The Bertz CT molecular complexity index is 855. The van der Waals surface area contributed by atoms with Gasteiger partial charge in [-0.1, -0.05) is 54.6 Å². The molecule has 0 fully saturated rings. The lowest BCUT2D eigenvalue weighted by atomic mass is 9.78. The van der Waals surface area contributed by atoms with Gasteiger partial charge in [0, 0.05) is 5.56 Å². The minimum absolute atomic E-state index is 0.643. The predicted octanol–water partition coefficient (Wildman–Crippen LogP) is 4.30. The van der Waals surface area contributed by atoms with Gasteiger partial charge in [-0.25, -0.2) is 0 Å². The van der Waals surface area contributed by atoms with Crippen LogP contribution in [0.25, 0.3) is 0 Å². The van der Waals surface area contributed by atoms with Crippen LogP contribution in [0, 0.1) is 6.92 Å². The summed E-state index contributed by atoms with van der Waals surface area (Å²) in [4.78, 5) is 0. The van der Waals surface area contributed by atoms with Crippen molar-refractivity contribution in [2.75, 3.05) is 14.2 Å². The molecule has 0 heterocycles. The maximum absolute atomic E-state index is 12.0. The van der Waals surface area contributed by atoms with Gasteiger partial charge in [0.25, 0.3) is 0 Å². The normalized spacial score (nSPS) is 13.1. The summed E-state index contributed by atoms with van der Waals surface area (Å²) in [5.41, 5.74) is 1.96. The van der Waals surface area contributed by atoms with E-state index < -0.39 is 5.60 Å². The van der Waals surface area contributed by atoms with Gasteiger partial charge in [0.2, 0.25) is 0 Å². The molecule has 0 aromatic heterocycles. The van der Waals surface area contributed by atoms with Crippen LogP contribution < -0.4 is 9.47 Å². The van der Waals surface area contributed by atoms with Gasteiger partial charge in [-0.05, 0) is 41.8 Å². The molecule has 0 radical (unpaired) electrons. The van der Waals surface area contributed by atoms with Crippen molar-refractivity contribution < 1.29 is 14.6 Å². The van der Waals surface area contributed by atoms with Crippen LogP contribution in [0.1, 0.15) is 22.3 Å². The predicted molar refractivity (Wildman–Crippen MR) is 99.3 cm³/mol. The van der Waals surface area contributed by atoms with Crippen molar-refractivity contribution in [3.8, 4) is 11.5 Å². The van der Waals surface area contributed by atoms with E-state index in [2.05, 4.69) is 0 Å². The minimum Gasteiger partial charge on any atom is -0.497 e. The van der Waals surface area contributed by atoms with Crippen LogP contribution in [0.2, 0.25) is 0 Å². The van der Waals surface area contributed by atoms with Gasteiger partial charge in [-0.2, -0.15) is 0 Å². The second kappa shape index (κ2) is 6.99. The van der Waals surface area contributed by atoms with Gasteiger partial charge in [-0.3, -0.25) is 0 Å². The summed E-state index contributed by atoms with van der Waals surface area (Å²) in [5, 5.41) is 12.0. The summed E-state index contributed by atoms with van der Waals surface area (Å²) in [6.45, 7) is 2.00. The molecule has 0 amide bonds. The Morgan fingerprint density at radius 2 is 1.32 bits per heavy atom. The van der Waals surface area contributed by atoms with Crippen LogP contribution in [0.5, 0.6) is 11.5 Å². The van der Waals surface area contributed by atoms with Gasteiger partial charge in [-0.15, -0.1) is 0 Å². The number of aliphatic hydroxyl groups is 1. The zero-order chi connectivity index (χ0) is 17.9. The molecule has 128 valence electrons. The van der Waals surface area contributed by atoms with Crippen molar-refractivity contribution >= 4 is 0 Å². The van der Waals surface area contributed by atoms with Gasteiger partial charge in [0.05, 0.1) is 14.2 Å². The Morgan fingerprint density at radius 3 is 1.92 bits per heavy atom. The molecule has 3 rings (SSSR count). The molecule has 3 aromatic carbocycles. The highest BCUT2D eigenvalue weighted by atomic mass is 16.5. The van der Waals surface area contributed by atoms with Crippen molar-refractivity contribution in [2.24, 2.45) is 0 Å². The van der Waals surface area contributed by atoms with Gasteiger partial charge in [0.1, 0.15) is 17.1 Å². The standard InChI is InChI=1S/C22H22O3/c1-16-8-4-5-9-19(16)22(23,17-12-14-18(24-2)15-13-17)20-10-6-7-11-21(20)25-3/h4-15,23H,1-3H3/t22-/m0/s1. The molecule has 0 aliphatic carbocycles. The number of ether oxygens (including phenoxy) is 2. The number of hydrogen-bond acceptors (Lipinski definition) is 3. The summed E-state index contributed by atoms with van der Waals surface area (Å²) < 4.78 is 10.8. The third-order valence-electron chi connectivity index (χ3n) is 4.54. The molecule has 0 spiro atoms. The van der Waals surface area contributed by atoms with E-state index in [0.29, 0.717) is 11.3 Å². The average molecular weight is 334 g/mol. The van der Waals surface area contributed by atoms with Crippen molar-refractivity contribution in [3.05, 3.63) is 95.1 Å². The van der Waals surface area contributed by atoms with Crippen LogP contribution in [0.15, 0.2) is 72.8 Å². The first-order chi connectivity index (χ1) is 12.1. The second-order valence-corrected chi connectivity index (χ2v) is 5.95. The summed E-state index contributed by atoms with van der Waals surface area (Å²) in [6.07, 6.45) is 0. The fourth-order valence-electron chi connectivity index (χ4n) is 3.21. The Labute approximate surface area is 148 Å². The minimum atomic E-state index is -1.33.